The van der Waals surface area contributed by atoms with Gasteiger partial charge >= 0.3 is 0 Å². The van der Waals surface area contributed by atoms with Crippen LogP contribution in [-0.2, 0) is 16.2 Å². The van der Waals surface area contributed by atoms with Crippen LogP contribution in [0.1, 0.15) is 60.9 Å². The van der Waals surface area contributed by atoms with Gasteiger partial charge in [0.05, 0.1) is 18.2 Å². The maximum atomic E-state index is 13.4. The topological polar surface area (TPSA) is 79.3 Å². The minimum absolute atomic E-state index is 0.0925. The van der Waals surface area contributed by atoms with Crippen molar-refractivity contribution in [3.8, 4) is 11.5 Å². The van der Waals surface area contributed by atoms with E-state index in [1.165, 1.54) is 5.56 Å². The van der Waals surface area contributed by atoms with Crippen LogP contribution in [0.3, 0.4) is 0 Å². The molecule has 1 fully saturated rings. The predicted octanol–water partition coefficient (Wildman–Crippen LogP) is 6.52. The van der Waals surface area contributed by atoms with Gasteiger partial charge in [0.2, 0.25) is 0 Å². The highest BCUT2D eigenvalue weighted by molar-refractivity contribution is 6.46. The molecule has 1 amide bonds. The molecule has 1 heterocycles. The zero-order valence-corrected chi connectivity index (χ0v) is 25.1. The summed E-state index contributed by atoms with van der Waals surface area (Å²) in [5.41, 5.74) is 3.52. The standard InChI is InChI=1S/C35H42N2O5/c1-5-6-7-22-41-29-16-12-27(13-17-29)32-31(34(39)35(40)37(32)21-9-20-36(3)4)33(38)28-14-18-30(19-15-28)42-24-26-11-8-10-25(2)23-26/h8,10-19,23,32,38H,5-7,9,20-22,24H2,1-4H3/b33-31+. The van der Waals surface area contributed by atoms with E-state index in [4.69, 9.17) is 9.47 Å². The summed E-state index contributed by atoms with van der Waals surface area (Å²) in [6.07, 6.45) is 3.92. The van der Waals surface area contributed by atoms with Gasteiger partial charge in [-0.15, -0.1) is 0 Å². The molecule has 3 aromatic carbocycles. The number of amides is 1. The first-order valence-corrected chi connectivity index (χ1v) is 14.7. The Morgan fingerprint density at radius 3 is 2.26 bits per heavy atom. The lowest BCUT2D eigenvalue weighted by molar-refractivity contribution is -0.139. The average Bonchev–Trinajstić information content (AvgIpc) is 3.23. The molecule has 0 saturated carbocycles. The normalized spacial score (nSPS) is 16.3. The van der Waals surface area contributed by atoms with Crippen molar-refractivity contribution in [2.45, 2.75) is 52.2 Å². The van der Waals surface area contributed by atoms with Crippen LogP contribution in [0.2, 0.25) is 0 Å². The largest absolute Gasteiger partial charge is 0.507 e. The number of hydrogen-bond acceptors (Lipinski definition) is 6. The van der Waals surface area contributed by atoms with E-state index in [1.807, 2.05) is 68.4 Å². The average molecular weight is 571 g/mol. The molecule has 42 heavy (non-hydrogen) atoms. The van der Waals surface area contributed by atoms with Gasteiger partial charge in [0.1, 0.15) is 23.9 Å². The Labute approximate surface area is 249 Å². The Hall–Kier alpha value is -4.10. The second-order valence-corrected chi connectivity index (χ2v) is 11.1. The van der Waals surface area contributed by atoms with Crippen molar-refractivity contribution < 1.29 is 24.2 Å². The summed E-state index contributed by atoms with van der Waals surface area (Å²) < 4.78 is 11.8. The Morgan fingerprint density at radius 1 is 0.905 bits per heavy atom. The molecule has 0 aliphatic carbocycles. The van der Waals surface area contributed by atoms with Gasteiger partial charge in [-0.1, -0.05) is 61.7 Å². The Balaban J connectivity index is 1.59. The summed E-state index contributed by atoms with van der Waals surface area (Å²) in [7, 11) is 3.94. The number of carbonyl (C=O) groups excluding carboxylic acids is 2. The molecule has 0 aromatic heterocycles. The highest BCUT2D eigenvalue weighted by atomic mass is 16.5. The quantitative estimate of drug-likeness (QED) is 0.103. The number of ketones is 1. The molecule has 1 unspecified atom stereocenters. The lowest BCUT2D eigenvalue weighted by Gasteiger charge is -2.26. The number of nitrogens with zero attached hydrogens (tertiary/aromatic N) is 2. The molecule has 7 nitrogen and oxygen atoms in total. The monoisotopic (exact) mass is 570 g/mol. The molecule has 7 heteroatoms. The molecule has 0 radical (unpaired) electrons. The van der Waals surface area contributed by atoms with E-state index >= 15 is 0 Å². The third-order valence-electron chi connectivity index (χ3n) is 7.37. The maximum absolute atomic E-state index is 13.4. The van der Waals surface area contributed by atoms with Crippen molar-refractivity contribution in [2.24, 2.45) is 0 Å². The van der Waals surface area contributed by atoms with Crippen LogP contribution in [0.4, 0.5) is 0 Å². The van der Waals surface area contributed by atoms with E-state index in [9.17, 15) is 14.7 Å². The van der Waals surface area contributed by atoms with Crippen LogP contribution in [0, 0.1) is 6.92 Å². The van der Waals surface area contributed by atoms with E-state index in [0.717, 1.165) is 42.7 Å². The van der Waals surface area contributed by atoms with Crippen LogP contribution in [0.15, 0.2) is 78.4 Å². The minimum Gasteiger partial charge on any atom is -0.507 e. The first kappa shape index (κ1) is 30.8. The molecule has 1 N–H and O–H groups in total. The third kappa shape index (κ3) is 7.79. The number of benzene rings is 3. The van der Waals surface area contributed by atoms with Gasteiger partial charge in [-0.2, -0.15) is 0 Å². The number of hydrogen-bond donors (Lipinski definition) is 1. The van der Waals surface area contributed by atoms with Gasteiger partial charge in [0.25, 0.3) is 11.7 Å². The number of rotatable bonds is 14. The lowest BCUT2D eigenvalue weighted by Crippen LogP contribution is -2.32. The SMILES string of the molecule is CCCCCOc1ccc(C2/C(=C(\O)c3ccc(OCc4cccc(C)c4)cc3)C(=O)C(=O)N2CCCN(C)C)cc1. The number of aliphatic hydroxyl groups is 1. The molecular formula is C35H42N2O5. The van der Waals surface area contributed by atoms with Crippen molar-refractivity contribution >= 4 is 17.4 Å². The van der Waals surface area contributed by atoms with E-state index < -0.39 is 17.7 Å². The zero-order chi connectivity index (χ0) is 30.1. The summed E-state index contributed by atoms with van der Waals surface area (Å²) in [6.45, 7) is 6.41. The molecule has 4 rings (SSSR count). The van der Waals surface area contributed by atoms with Gasteiger partial charge in [0.15, 0.2) is 0 Å². The van der Waals surface area contributed by atoms with E-state index in [-0.39, 0.29) is 11.3 Å². The third-order valence-corrected chi connectivity index (χ3v) is 7.37. The molecule has 222 valence electrons. The molecule has 3 aromatic rings. The van der Waals surface area contributed by atoms with Crippen LogP contribution in [0.5, 0.6) is 11.5 Å². The molecule has 1 aliphatic heterocycles. The van der Waals surface area contributed by atoms with Gasteiger partial charge in [-0.25, -0.2) is 0 Å². The van der Waals surface area contributed by atoms with Gasteiger partial charge in [-0.05, 0) is 87.9 Å². The van der Waals surface area contributed by atoms with Crippen LogP contribution in [0.25, 0.3) is 5.76 Å². The fourth-order valence-electron chi connectivity index (χ4n) is 5.14. The fraction of sp³-hybridized carbons (Fsp3) is 0.371. The predicted molar refractivity (Wildman–Crippen MR) is 166 cm³/mol. The number of unbranched alkanes of at least 4 members (excludes halogenated alkanes) is 2. The summed E-state index contributed by atoms with van der Waals surface area (Å²) >= 11 is 0. The summed E-state index contributed by atoms with van der Waals surface area (Å²) in [5, 5.41) is 11.4. The Morgan fingerprint density at radius 2 is 1.60 bits per heavy atom. The number of ether oxygens (including phenoxy) is 2. The van der Waals surface area contributed by atoms with E-state index in [1.54, 1.807) is 29.2 Å². The Kier molecular flexibility index (Phi) is 10.8. The van der Waals surface area contributed by atoms with Gasteiger partial charge in [0, 0.05) is 12.1 Å². The maximum Gasteiger partial charge on any atom is 0.295 e. The highest BCUT2D eigenvalue weighted by Crippen LogP contribution is 2.40. The summed E-state index contributed by atoms with van der Waals surface area (Å²) in [5.74, 6) is -0.0946. The van der Waals surface area contributed by atoms with Gasteiger partial charge < -0.3 is 24.4 Å². The number of likely N-dealkylation sites (tertiary alicyclic amines) is 1. The Bertz CT molecular complexity index is 1380. The molecular weight excluding hydrogens is 528 g/mol. The van der Waals surface area contributed by atoms with Crippen molar-refractivity contribution in [3.05, 3.63) is 101 Å². The number of aliphatic hydroxyl groups excluding tert-OH is 1. The van der Waals surface area contributed by atoms with Crippen LogP contribution >= 0.6 is 0 Å². The molecule has 0 bridgehead atoms. The number of Topliss-reactive ketones (excluding diaryl/α,β-unsaturated/α-hetero) is 1. The smallest absolute Gasteiger partial charge is 0.295 e. The summed E-state index contributed by atoms with van der Waals surface area (Å²) in [6, 6.07) is 21.8. The highest BCUT2D eigenvalue weighted by Gasteiger charge is 2.45. The molecule has 0 spiro atoms. The first-order chi connectivity index (χ1) is 20.3. The van der Waals surface area contributed by atoms with Crippen molar-refractivity contribution in [1.29, 1.82) is 0 Å². The fourth-order valence-corrected chi connectivity index (χ4v) is 5.14. The first-order valence-electron chi connectivity index (χ1n) is 14.7. The van der Waals surface area contributed by atoms with Crippen molar-refractivity contribution in [1.82, 2.24) is 9.80 Å². The molecule has 1 saturated heterocycles. The van der Waals surface area contributed by atoms with Crippen molar-refractivity contribution in [2.75, 3.05) is 33.8 Å². The lowest BCUT2D eigenvalue weighted by atomic mass is 9.95. The second-order valence-electron chi connectivity index (χ2n) is 11.1. The zero-order valence-electron chi connectivity index (χ0n) is 25.1. The van der Waals surface area contributed by atoms with Crippen LogP contribution < -0.4 is 9.47 Å². The summed E-state index contributed by atoms with van der Waals surface area (Å²) in [4.78, 5) is 30.2. The van der Waals surface area contributed by atoms with Crippen LogP contribution in [-0.4, -0.2) is 60.4 Å². The number of carbonyl (C=O) groups is 2. The minimum atomic E-state index is -0.696. The van der Waals surface area contributed by atoms with E-state index in [0.29, 0.717) is 37.5 Å². The second kappa shape index (κ2) is 14.7. The van der Waals surface area contributed by atoms with Gasteiger partial charge in [-0.3, -0.25) is 9.59 Å². The molecule has 1 atom stereocenters. The van der Waals surface area contributed by atoms with Crippen molar-refractivity contribution in [3.63, 3.8) is 0 Å². The number of aryl methyl sites for hydroxylation is 1. The van der Waals surface area contributed by atoms with E-state index in [2.05, 4.69) is 13.0 Å². The molecule has 1 aliphatic rings.